The highest BCUT2D eigenvalue weighted by Gasteiger charge is 2.71. The summed E-state index contributed by atoms with van der Waals surface area (Å²) in [6, 6.07) is 0. The lowest BCUT2D eigenvalue weighted by atomic mass is 9.61. The Kier molecular flexibility index (Phi) is 5.77. The monoisotopic (exact) mass is 424 g/mol. The molecule has 0 aromatic rings. The van der Waals surface area contributed by atoms with Crippen LogP contribution < -0.4 is 0 Å². The van der Waals surface area contributed by atoms with Crippen molar-refractivity contribution in [3.8, 4) is 0 Å². The lowest BCUT2D eigenvalue weighted by Gasteiger charge is -2.46. The molecule has 29 heavy (non-hydrogen) atoms. The van der Waals surface area contributed by atoms with E-state index in [0.29, 0.717) is 18.4 Å². The van der Waals surface area contributed by atoms with Crippen molar-refractivity contribution in [2.75, 3.05) is 12.9 Å². The van der Waals surface area contributed by atoms with Crippen LogP contribution in [0.25, 0.3) is 0 Å². The number of hydrogen-bond acceptors (Lipinski definition) is 7. The summed E-state index contributed by atoms with van der Waals surface area (Å²) in [7, 11) is -1.27. The number of ether oxygens (including phenoxy) is 3. The number of carbonyl (C=O) groups is 3. The molecule has 3 fully saturated rings. The van der Waals surface area contributed by atoms with E-state index in [2.05, 4.69) is 20.4 Å². The van der Waals surface area contributed by atoms with Crippen LogP contribution in [0.5, 0.6) is 0 Å². The van der Waals surface area contributed by atoms with Crippen LogP contribution in [0.1, 0.15) is 40.0 Å². The number of cyclic esters (lactones) is 1. The van der Waals surface area contributed by atoms with Gasteiger partial charge in [0.2, 0.25) is 0 Å². The molecule has 0 aromatic heterocycles. The average molecular weight is 425 g/mol. The molecular weight excluding hydrogens is 396 g/mol. The zero-order valence-electron chi connectivity index (χ0n) is 17.3. The van der Waals surface area contributed by atoms with Gasteiger partial charge < -0.3 is 14.2 Å². The van der Waals surface area contributed by atoms with E-state index in [9.17, 15) is 18.6 Å². The van der Waals surface area contributed by atoms with Crippen LogP contribution in [-0.4, -0.2) is 47.2 Å². The number of carbonyl (C=O) groups excluding carboxylic acids is 3. The maximum absolute atomic E-state index is 12.9. The average Bonchev–Trinajstić information content (AvgIpc) is 3.06. The Morgan fingerprint density at radius 1 is 1.31 bits per heavy atom. The third kappa shape index (κ3) is 3.56. The van der Waals surface area contributed by atoms with Gasteiger partial charge in [-0.1, -0.05) is 20.4 Å². The van der Waals surface area contributed by atoms with Crippen molar-refractivity contribution in [2.45, 2.75) is 52.2 Å². The van der Waals surface area contributed by atoms with Gasteiger partial charge >= 0.3 is 17.9 Å². The van der Waals surface area contributed by atoms with Crippen LogP contribution in [0.2, 0.25) is 0 Å². The van der Waals surface area contributed by atoms with Gasteiger partial charge in [-0.25, -0.2) is 4.79 Å². The van der Waals surface area contributed by atoms with Crippen LogP contribution in [0.15, 0.2) is 23.6 Å². The standard InChI is InChI=1S/C21H28O7S/c1-12-6-7-15(28-16(23)8-9-29(5)25)17-18(27-14(3)22)21(11-20(12,17)4)13(2)10-26-19(21)24/h8-9,12,15,17-18H,2,6-7,10-11H2,1,3-5H3/b9-8-/t12-,15-,17+,18+,20+,21+,29-/m0/s1. The molecule has 2 aliphatic carbocycles. The predicted octanol–water partition coefficient (Wildman–Crippen LogP) is 2.28. The van der Waals surface area contributed by atoms with Crippen LogP contribution in [0.4, 0.5) is 0 Å². The highest BCUT2D eigenvalue weighted by atomic mass is 32.2. The second kappa shape index (κ2) is 7.70. The molecule has 160 valence electrons. The van der Waals surface area contributed by atoms with Crippen molar-refractivity contribution in [2.24, 2.45) is 22.7 Å². The first-order valence-corrected chi connectivity index (χ1v) is 11.4. The lowest BCUT2D eigenvalue weighted by Crippen LogP contribution is -2.50. The molecule has 2 saturated carbocycles. The largest absolute Gasteiger partial charge is 0.461 e. The molecule has 3 rings (SSSR count). The van der Waals surface area contributed by atoms with E-state index in [0.717, 1.165) is 12.5 Å². The normalized spacial score (nSPS) is 40.0. The minimum Gasteiger partial charge on any atom is -0.461 e. The van der Waals surface area contributed by atoms with Crippen molar-refractivity contribution in [1.29, 1.82) is 0 Å². The Labute approximate surface area is 173 Å². The van der Waals surface area contributed by atoms with Crippen molar-refractivity contribution in [3.05, 3.63) is 23.6 Å². The number of rotatable bonds is 4. The van der Waals surface area contributed by atoms with Gasteiger partial charge in [0.15, 0.2) is 0 Å². The summed E-state index contributed by atoms with van der Waals surface area (Å²) < 4.78 is 28.0. The Hall–Kier alpha value is -1.96. The highest BCUT2D eigenvalue weighted by molar-refractivity contribution is 7.87. The molecule has 1 aliphatic heterocycles. The smallest absolute Gasteiger partial charge is 0.331 e. The number of hydrogen-bond donors (Lipinski definition) is 0. The first-order chi connectivity index (χ1) is 13.5. The van der Waals surface area contributed by atoms with Gasteiger partial charge in [0, 0.05) is 41.4 Å². The third-order valence-electron chi connectivity index (χ3n) is 6.97. The second-order valence-electron chi connectivity index (χ2n) is 8.64. The molecule has 0 aromatic carbocycles. The summed E-state index contributed by atoms with van der Waals surface area (Å²) >= 11 is 0. The Morgan fingerprint density at radius 2 is 2.00 bits per heavy atom. The van der Waals surface area contributed by atoms with E-state index < -0.39 is 51.7 Å². The molecular formula is C21H28O7S. The molecule has 0 unspecified atom stereocenters. The first-order valence-electron chi connectivity index (χ1n) is 9.76. The Balaban J connectivity index is 2.02. The second-order valence-corrected chi connectivity index (χ2v) is 9.91. The van der Waals surface area contributed by atoms with Crippen LogP contribution in [0.3, 0.4) is 0 Å². The minimum atomic E-state index is -1.27. The van der Waals surface area contributed by atoms with E-state index in [1.54, 1.807) is 0 Å². The molecule has 3 aliphatic rings. The number of esters is 3. The van der Waals surface area contributed by atoms with Gasteiger partial charge in [-0.15, -0.1) is 0 Å². The summed E-state index contributed by atoms with van der Waals surface area (Å²) in [6.07, 6.45) is 3.09. The van der Waals surface area contributed by atoms with Crippen LogP contribution in [0, 0.1) is 22.7 Å². The zero-order chi connectivity index (χ0) is 21.6. The maximum Gasteiger partial charge on any atom is 0.331 e. The highest BCUT2D eigenvalue weighted by Crippen LogP contribution is 2.66. The molecule has 0 N–H and O–H groups in total. The molecule has 1 heterocycles. The van der Waals surface area contributed by atoms with Crippen molar-refractivity contribution >= 4 is 28.7 Å². The zero-order valence-corrected chi connectivity index (χ0v) is 18.1. The predicted molar refractivity (Wildman–Crippen MR) is 106 cm³/mol. The molecule has 0 amide bonds. The molecule has 1 spiro atoms. The van der Waals surface area contributed by atoms with E-state index in [-0.39, 0.29) is 18.4 Å². The van der Waals surface area contributed by atoms with E-state index in [1.807, 2.05) is 0 Å². The molecule has 0 bridgehead atoms. The van der Waals surface area contributed by atoms with Crippen LogP contribution >= 0.6 is 0 Å². The lowest BCUT2D eigenvalue weighted by molar-refractivity contribution is -0.172. The molecule has 7 nitrogen and oxygen atoms in total. The van der Waals surface area contributed by atoms with Gasteiger partial charge in [-0.3, -0.25) is 13.8 Å². The fraction of sp³-hybridized carbons (Fsp3) is 0.667. The fourth-order valence-corrected chi connectivity index (χ4v) is 5.71. The quantitative estimate of drug-likeness (QED) is 0.296. The maximum atomic E-state index is 12.9. The van der Waals surface area contributed by atoms with Crippen molar-refractivity contribution < 1.29 is 32.8 Å². The van der Waals surface area contributed by atoms with Crippen molar-refractivity contribution in [3.63, 3.8) is 0 Å². The topological polar surface area (TPSA) is 96.0 Å². The summed E-state index contributed by atoms with van der Waals surface area (Å²) in [5.41, 5.74) is -0.926. The molecule has 7 atom stereocenters. The van der Waals surface area contributed by atoms with Gasteiger partial charge in [-0.05, 0) is 36.2 Å². The van der Waals surface area contributed by atoms with Gasteiger partial charge in [-0.2, -0.15) is 0 Å². The molecule has 0 radical (unpaired) electrons. The van der Waals surface area contributed by atoms with Gasteiger partial charge in [0.25, 0.3) is 0 Å². The van der Waals surface area contributed by atoms with Crippen molar-refractivity contribution in [1.82, 2.24) is 0 Å². The summed E-state index contributed by atoms with van der Waals surface area (Å²) in [4.78, 5) is 37.1. The van der Waals surface area contributed by atoms with Crippen LogP contribution in [-0.2, 0) is 39.4 Å². The number of fused-ring (bicyclic) bond motifs is 1. The Morgan fingerprint density at radius 3 is 2.55 bits per heavy atom. The van der Waals surface area contributed by atoms with Gasteiger partial charge in [0.05, 0.1) is 0 Å². The third-order valence-corrected chi connectivity index (χ3v) is 7.49. The van der Waals surface area contributed by atoms with E-state index in [4.69, 9.17) is 14.2 Å². The summed E-state index contributed by atoms with van der Waals surface area (Å²) in [6.45, 7) is 9.63. The SMILES string of the molecule is C=C1COC(=O)[C@]12C[C@@]1(C)[C@H]([C@@H](OC(=O)/C=C\[S@](C)=O)CC[C@@H]1C)[C@H]2OC(C)=O. The summed E-state index contributed by atoms with van der Waals surface area (Å²) in [5, 5.41) is 1.27. The minimum absolute atomic E-state index is 0.100. The first kappa shape index (κ1) is 21.7. The molecule has 8 heteroatoms. The van der Waals surface area contributed by atoms with Gasteiger partial charge in [0.1, 0.15) is 24.2 Å². The van der Waals surface area contributed by atoms with E-state index in [1.165, 1.54) is 18.6 Å². The summed E-state index contributed by atoms with van der Waals surface area (Å²) in [5.74, 6) is -1.68. The van der Waals surface area contributed by atoms with E-state index >= 15 is 0 Å². The Bertz CT molecular complexity index is 785. The molecule has 1 saturated heterocycles. The fourth-order valence-electron chi connectivity index (χ4n) is 5.41.